The minimum Gasteiger partial charge on any atom is -0.312 e. The van der Waals surface area contributed by atoms with Gasteiger partial charge in [0.1, 0.15) is 12.2 Å². The van der Waals surface area contributed by atoms with E-state index in [9.17, 15) is 0 Å². The fourth-order valence-electron chi connectivity index (χ4n) is 2.90. The molecule has 0 saturated carbocycles. The molecule has 3 atom stereocenters. The Kier molecular flexibility index (Phi) is 5.54. The molecule has 1 N–H and O–H groups in total. The van der Waals surface area contributed by atoms with Gasteiger partial charge in [-0.2, -0.15) is 5.10 Å². The molecular weight excluding hydrogens is 250 g/mol. The summed E-state index contributed by atoms with van der Waals surface area (Å²) < 4.78 is 2.00. The van der Waals surface area contributed by atoms with Crippen molar-refractivity contribution >= 4 is 0 Å². The average Bonchev–Trinajstić information content (AvgIpc) is 2.82. The quantitative estimate of drug-likeness (QED) is 0.894. The highest BCUT2D eigenvalue weighted by Gasteiger charge is 2.26. The van der Waals surface area contributed by atoms with Gasteiger partial charge in [-0.25, -0.2) is 9.67 Å². The largest absolute Gasteiger partial charge is 0.312 e. The number of aryl methyl sites for hydroxylation is 1. The second-order valence-electron chi connectivity index (χ2n) is 6.01. The van der Waals surface area contributed by atoms with Crippen molar-refractivity contribution in [2.45, 2.75) is 65.7 Å². The number of rotatable bonds is 5. The van der Waals surface area contributed by atoms with E-state index in [1.54, 1.807) is 6.33 Å². The molecule has 0 bridgehead atoms. The molecule has 0 spiro atoms. The maximum atomic E-state index is 4.43. The van der Waals surface area contributed by atoms with Crippen LogP contribution in [0.1, 0.15) is 46.4 Å². The summed E-state index contributed by atoms with van der Waals surface area (Å²) in [5.41, 5.74) is 0. The maximum absolute atomic E-state index is 4.43. The molecule has 0 radical (unpaired) electrons. The van der Waals surface area contributed by atoms with Gasteiger partial charge in [-0.05, 0) is 32.7 Å². The second-order valence-corrected chi connectivity index (χ2v) is 6.01. The zero-order chi connectivity index (χ0) is 14.5. The molecule has 5 heteroatoms. The van der Waals surface area contributed by atoms with Crippen LogP contribution < -0.4 is 5.32 Å². The Hall–Kier alpha value is -0.940. The van der Waals surface area contributed by atoms with Crippen LogP contribution in [0.4, 0.5) is 0 Å². The van der Waals surface area contributed by atoms with Crippen LogP contribution in [0.5, 0.6) is 0 Å². The van der Waals surface area contributed by atoms with Gasteiger partial charge in [0.15, 0.2) is 0 Å². The van der Waals surface area contributed by atoms with E-state index in [4.69, 9.17) is 0 Å². The van der Waals surface area contributed by atoms with Gasteiger partial charge in [0.25, 0.3) is 0 Å². The van der Waals surface area contributed by atoms with Crippen molar-refractivity contribution < 1.29 is 0 Å². The van der Waals surface area contributed by atoms with E-state index in [-0.39, 0.29) is 0 Å². The molecule has 1 fully saturated rings. The van der Waals surface area contributed by atoms with Gasteiger partial charge in [-0.1, -0.05) is 20.3 Å². The van der Waals surface area contributed by atoms with E-state index in [1.807, 2.05) is 4.68 Å². The zero-order valence-electron chi connectivity index (χ0n) is 13.3. The molecule has 0 amide bonds. The zero-order valence-corrected chi connectivity index (χ0v) is 13.3. The van der Waals surface area contributed by atoms with Crippen LogP contribution >= 0.6 is 0 Å². The summed E-state index contributed by atoms with van der Waals surface area (Å²) in [6.07, 6.45) is 4.10. The number of nitrogens with one attached hydrogen (secondary N) is 1. The van der Waals surface area contributed by atoms with Crippen molar-refractivity contribution in [3.05, 3.63) is 12.2 Å². The van der Waals surface area contributed by atoms with Crippen LogP contribution in [-0.2, 0) is 13.1 Å². The standard InChI is InChI=1S/C15H29N5/c1-5-12(3)14-9-19(13(4)7-8-16-14)10-15-17-11-18-20(15)6-2/h11-14,16H,5-10H2,1-4H3. The first kappa shape index (κ1) is 15.4. The van der Waals surface area contributed by atoms with Gasteiger partial charge in [-0.3, -0.25) is 4.90 Å². The molecular formula is C15H29N5. The van der Waals surface area contributed by atoms with Crippen molar-refractivity contribution in [2.24, 2.45) is 5.92 Å². The summed E-state index contributed by atoms with van der Waals surface area (Å²) in [5.74, 6) is 1.80. The minimum atomic E-state index is 0.586. The summed E-state index contributed by atoms with van der Waals surface area (Å²) in [6, 6.07) is 1.18. The van der Waals surface area contributed by atoms with E-state index < -0.39 is 0 Å². The molecule has 3 unspecified atom stereocenters. The third kappa shape index (κ3) is 3.58. The van der Waals surface area contributed by atoms with Gasteiger partial charge in [0.05, 0.1) is 6.54 Å². The van der Waals surface area contributed by atoms with Crippen molar-refractivity contribution in [1.29, 1.82) is 0 Å². The highest BCUT2D eigenvalue weighted by molar-refractivity contribution is 4.90. The molecule has 1 aromatic rings. The summed E-state index contributed by atoms with van der Waals surface area (Å²) >= 11 is 0. The van der Waals surface area contributed by atoms with Crippen molar-refractivity contribution in [3.8, 4) is 0 Å². The van der Waals surface area contributed by atoms with E-state index >= 15 is 0 Å². The van der Waals surface area contributed by atoms with Gasteiger partial charge in [0, 0.05) is 25.2 Å². The van der Waals surface area contributed by atoms with E-state index in [1.165, 1.54) is 12.8 Å². The van der Waals surface area contributed by atoms with Crippen LogP contribution in [-0.4, -0.2) is 44.8 Å². The van der Waals surface area contributed by atoms with Crippen LogP contribution in [0.2, 0.25) is 0 Å². The Morgan fingerprint density at radius 2 is 2.25 bits per heavy atom. The summed E-state index contributed by atoms with van der Waals surface area (Å²) in [4.78, 5) is 6.99. The average molecular weight is 279 g/mol. The highest BCUT2D eigenvalue weighted by Crippen LogP contribution is 2.17. The lowest BCUT2D eigenvalue weighted by molar-refractivity contribution is 0.173. The smallest absolute Gasteiger partial charge is 0.141 e. The Bertz CT molecular complexity index is 403. The maximum Gasteiger partial charge on any atom is 0.141 e. The van der Waals surface area contributed by atoms with Crippen molar-refractivity contribution in [2.75, 3.05) is 13.1 Å². The van der Waals surface area contributed by atoms with E-state index in [0.29, 0.717) is 18.0 Å². The van der Waals surface area contributed by atoms with Crippen molar-refractivity contribution in [3.63, 3.8) is 0 Å². The molecule has 1 aromatic heterocycles. The molecule has 2 rings (SSSR count). The Morgan fingerprint density at radius 3 is 2.95 bits per heavy atom. The van der Waals surface area contributed by atoms with Gasteiger partial charge in [-0.15, -0.1) is 0 Å². The van der Waals surface area contributed by atoms with Crippen LogP contribution in [0.3, 0.4) is 0 Å². The van der Waals surface area contributed by atoms with Crippen molar-refractivity contribution in [1.82, 2.24) is 25.0 Å². The first-order chi connectivity index (χ1) is 9.65. The van der Waals surface area contributed by atoms with Gasteiger partial charge < -0.3 is 5.32 Å². The fourth-order valence-corrected chi connectivity index (χ4v) is 2.90. The fraction of sp³-hybridized carbons (Fsp3) is 0.867. The lowest BCUT2D eigenvalue weighted by Crippen LogP contribution is -2.43. The third-order valence-electron chi connectivity index (χ3n) is 4.69. The SMILES string of the molecule is CCC(C)C1CN(Cc2ncnn2CC)C(C)CCN1. The monoisotopic (exact) mass is 279 g/mol. The lowest BCUT2D eigenvalue weighted by atomic mass is 9.99. The lowest BCUT2D eigenvalue weighted by Gasteiger charge is -2.30. The minimum absolute atomic E-state index is 0.586. The highest BCUT2D eigenvalue weighted by atomic mass is 15.3. The molecule has 0 aliphatic carbocycles. The van der Waals surface area contributed by atoms with Gasteiger partial charge in [0.2, 0.25) is 0 Å². The Balaban J connectivity index is 2.06. The predicted molar refractivity (Wildman–Crippen MR) is 81.4 cm³/mol. The molecule has 114 valence electrons. The molecule has 1 aliphatic heterocycles. The Labute approximate surface area is 122 Å². The molecule has 20 heavy (non-hydrogen) atoms. The predicted octanol–water partition coefficient (Wildman–Crippen LogP) is 1.90. The number of hydrogen-bond acceptors (Lipinski definition) is 4. The third-order valence-corrected chi connectivity index (χ3v) is 4.69. The van der Waals surface area contributed by atoms with Crippen LogP contribution in [0.25, 0.3) is 0 Å². The summed E-state index contributed by atoms with van der Waals surface area (Å²) in [6.45, 7) is 13.1. The molecule has 0 aromatic carbocycles. The van der Waals surface area contributed by atoms with E-state index in [2.05, 4.69) is 48.0 Å². The first-order valence-corrected chi connectivity index (χ1v) is 7.99. The normalized spacial score (nSPS) is 26.4. The number of nitrogens with zero attached hydrogens (tertiary/aromatic N) is 4. The Morgan fingerprint density at radius 1 is 1.45 bits per heavy atom. The molecule has 1 aliphatic rings. The topological polar surface area (TPSA) is 46.0 Å². The molecule has 2 heterocycles. The molecule has 1 saturated heterocycles. The van der Waals surface area contributed by atoms with Crippen LogP contribution in [0, 0.1) is 5.92 Å². The van der Waals surface area contributed by atoms with Gasteiger partial charge >= 0.3 is 0 Å². The number of hydrogen-bond donors (Lipinski definition) is 1. The molecule has 5 nitrogen and oxygen atoms in total. The number of aromatic nitrogens is 3. The summed E-state index contributed by atoms with van der Waals surface area (Å²) in [5, 5.41) is 8.00. The summed E-state index contributed by atoms with van der Waals surface area (Å²) in [7, 11) is 0. The van der Waals surface area contributed by atoms with E-state index in [0.717, 1.165) is 32.0 Å². The first-order valence-electron chi connectivity index (χ1n) is 7.99. The second kappa shape index (κ2) is 7.18. The van der Waals surface area contributed by atoms with Crippen LogP contribution in [0.15, 0.2) is 6.33 Å².